The number of nitriles is 1. The molecule has 26 heavy (non-hydrogen) atoms. The van der Waals surface area contributed by atoms with Gasteiger partial charge in [0.15, 0.2) is 0 Å². The lowest BCUT2D eigenvalue weighted by Crippen LogP contribution is -2.47. The predicted octanol–water partition coefficient (Wildman–Crippen LogP) is 3.34. The van der Waals surface area contributed by atoms with Crippen molar-refractivity contribution >= 4 is 12.0 Å². The molecule has 1 aromatic rings. The van der Waals surface area contributed by atoms with Gasteiger partial charge in [0, 0.05) is 19.6 Å². The summed E-state index contributed by atoms with van der Waals surface area (Å²) in [5, 5.41) is 8.93. The molecule has 0 aromatic heterocycles. The molecule has 140 valence electrons. The normalized spacial score (nSPS) is 17.9. The van der Waals surface area contributed by atoms with Gasteiger partial charge in [-0.25, -0.2) is 4.79 Å². The van der Waals surface area contributed by atoms with Crippen LogP contribution in [0.4, 0.5) is 4.79 Å². The van der Waals surface area contributed by atoms with Gasteiger partial charge in [-0.3, -0.25) is 4.79 Å². The van der Waals surface area contributed by atoms with E-state index in [1.54, 1.807) is 24.0 Å². The number of likely N-dealkylation sites (tertiary alicyclic amines) is 1. The van der Waals surface area contributed by atoms with E-state index >= 15 is 0 Å². The third-order valence-electron chi connectivity index (χ3n) is 4.91. The summed E-state index contributed by atoms with van der Waals surface area (Å²) < 4.78 is 5.07. The Bertz CT molecular complexity index is 666. The number of ether oxygens (including phenoxy) is 1. The largest absolute Gasteiger partial charge is 0.450 e. The summed E-state index contributed by atoms with van der Waals surface area (Å²) in [7, 11) is 0. The first-order valence-electron chi connectivity index (χ1n) is 9.24. The molecular formula is C20H27N3O3. The number of nitrogens with zero attached hydrogens (tertiary/aromatic N) is 3. The number of carbonyl (C=O) groups is 2. The van der Waals surface area contributed by atoms with Gasteiger partial charge in [-0.2, -0.15) is 5.26 Å². The molecule has 2 amide bonds. The number of amides is 2. The Labute approximate surface area is 155 Å². The molecule has 1 aliphatic heterocycles. The van der Waals surface area contributed by atoms with Crippen molar-refractivity contribution in [3.05, 3.63) is 35.4 Å². The second-order valence-corrected chi connectivity index (χ2v) is 6.52. The fourth-order valence-electron chi connectivity index (χ4n) is 3.43. The summed E-state index contributed by atoms with van der Waals surface area (Å²) in [6, 6.07) is 9.35. The van der Waals surface area contributed by atoms with E-state index in [1.807, 2.05) is 30.9 Å². The van der Waals surface area contributed by atoms with Gasteiger partial charge in [-0.1, -0.05) is 12.1 Å². The minimum atomic E-state index is -0.340. The fraction of sp³-hybridized carbons (Fsp3) is 0.550. The fourth-order valence-corrected chi connectivity index (χ4v) is 3.43. The summed E-state index contributed by atoms with van der Waals surface area (Å²) in [5.41, 5.74) is 1.60. The van der Waals surface area contributed by atoms with Crippen molar-refractivity contribution in [1.82, 2.24) is 9.80 Å². The highest BCUT2D eigenvalue weighted by molar-refractivity contribution is 5.80. The predicted molar refractivity (Wildman–Crippen MR) is 98.3 cm³/mol. The van der Waals surface area contributed by atoms with Crippen molar-refractivity contribution in [3.63, 3.8) is 0 Å². The van der Waals surface area contributed by atoms with Gasteiger partial charge in [0.1, 0.15) is 0 Å². The van der Waals surface area contributed by atoms with E-state index in [0.717, 1.165) is 18.4 Å². The van der Waals surface area contributed by atoms with Crippen molar-refractivity contribution in [2.75, 3.05) is 26.2 Å². The Morgan fingerprint density at radius 1 is 1.35 bits per heavy atom. The highest BCUT2D eigenvalue weighted by Crippen LogP contribution is 2.26. The lowest BCUT2D eigenvalue weighted by Gasteiger charge is -2.36. The monoisotopic (exact) mass is 357 g/mol. The number of benzene rings is 1. The van der Waals surface area contributed by atoms with Gasteiger partial charge in [0.2, 0.25) is 5.91 Å². The zero-order valence-corrected chi connectivity index (χ0v) is 15.8. The lowest BCUT2D eigenvalue weighted by atomic mass is 9.95. The van der Waals surface area contributed by atoms with Crippen LogP contribution in [0.3, 0.4) is 0 Å². The molecule has 0 radical (unpaired) electrons. The third kappa shape index (κ3) is 4.54. The van der Waals surface area contributed by atoms with Crippen LogP contribution in [0, 0.1) is 17.2 Å². The minimum absolute atomic E-state index is 0.0679. The smallest absolute Gasteiger partial charge is 0.409 e. The average Bonchev–Trinajstić information content (AvgIpc) is 2.68. The molecule has 2 rings (SSSR count). The van der Waals surface area contributed by atoms with Gasteiger partial charge < -0.3 is 14.5 Å². The maximum Gasteiger partial charge on any atom is 0.409 e. The number of carbonyl (C=O) groups excluding carboxylic acids is 2. The van der Waals surface area contributed by atoms with Crippen LogP contribution in [0.15, 0.2) is 24.3 Å². The molecule has 0 bridgehead atoms. The van der Waals surface area contributed by atoms with Crippen LogP contribution in [0.1, 0.15) is 50.8 Å². The van der Waals surface area contributed by atoms with Crippen molar-refractivity contribution in [3.8, 4) is 6.07 Å². The highest BCUT2D eigenvalue weighted by atomic mass is 16.6. The Kier molecular flexibility index (Phi) is 7.02. The molecule has 0 aliphatic carbocycles. The summed E-state index contributed by atoms with van der Waals surface area (Å²) in [4.78, 5) is 28.5. The molecule has 6 nitrogen and oxygen atoms in total. The van der Waals surface area contributed by atoms with Crippen LogP contribution in [0.5, 0.6) is 0 Å². The maximum atomic E-state index is 13.1. The Morgan fingerprint density at radius 3 is 2.62 bits per heavy atom. The number of hydrogen-bond acceptors (Lipinski definition) is 4. The Morgan fingerprint density at radius 2 is 2.04 bits per heavy atom. The average molecular weight is 357 g/mol. The van der Waals surface area contributed by atoms with Crippen LogP contribution in [0.25, 0.3) is 0 Å². The molecule has 0 N–H and O–H groups in total. The Balaban J connectivity index is 2.09. The number of hydrogen-bond donors (Lipinski definition) is 0. The lowest BCUT2D eigenvalue weighted by molar-refractivity contribution is -0.139. The summed E-state index contributed by atoms with van der Waals surface area (Å²) in [5.74, 6) is -0.132. The number of piperidine rings is 1. The summed E-state index contributed by atoms with van der Waals surface area (Å²) in [6.45, 7) is 7.72. The van der Waals surface area contributed by atoms with E-state index in [4.69, 9.17) is 10.00 Å². The molecule has 1 aromatic carbocycles. The molecule has 2 unspecified atom stereocenters. The van der Waals surface area contributed by atoms with E-state index in [0.29, 0.717) is 31.8 Å². The second-order valence-electron chi connectivity index (χ2n) is 6.52. The van der Waals surface area contributed by atoms with E-state index in [2.05, 4.69) is 6.07 Å². The van der Waals surface area contributed by atoms with Gasteiger partial charge in [-0.15, -0.1) is 0 Å². The first-order valence-corrected chi connectivity index (χ1v) is 9.24. The first kappa shape index (κ1) is 19.8. The molecule has 0 saturated carbocycles. The van der Waals surface area contributed by atoms with Crippen LogP contribution in [-0.2, 0) is 9.53 Å². The molecule has 1 heterocycles. The zero-order valence-electron chi connectivity index (χ0n) is 15.8. The van der Waals surface area contributed by atoms with Crippen LogP contribution in [0.2, 0.25) is 0 Å². The van der Waals surface area contributed by atoms with Gasteiger partial charge in [-0.05, 0) is 51.3 Å². The quantitative estimate of drug-likeness (QED) is 0.810. The molecule has 6 heteroatoms. The van der Waals surface area contributed by atoms with Crippen molar-refractivity contribution in [2.24, 2.45) is 5.92 Å². The van der Waals surface area contributed by atoms with Gasteiger partial charge >= 0.3 is 6.09 Å². The minimum Gasteiger partial charge on any atom is -0.450 e. The van der Waals surface area contributed by atoms with Gasteiger partial charge in [0.25, 0.3) is 0 Å². The highest BCUT2D eigenvalue weighted by Gasteiger charge is 2.33. The molecule has 1 fully saturated rings. The molecule has 2 atom stereocenters. The third-order valence-corrected chi connectivity index (χ3v) is 4.91. The van der Waals surface area contributed by atoms with E-state index in [9.17, 15) is 9.59 Å². The van der Waals surface area contributed by atoms with Gasteiger partial charge in [0.05, 0.1) is 30.2 Å². The second kappa shape index (κ2) is 9.23. The van der Waals surface area contributed by atoms with Crippen molar-refractivity contribution in [1.29, 1.82) is 5.26 Å². The van der Waals surface area contributed by atoms with Crippen molar-refractivity contribution in [2.45, 2.75) is 39.7 Å². The Hall–Kier alpha value is -2.55. The summed E-state index contributed by atoms with van der Waals surface area (Å²) >= 11 is 0. The first-order chi connectivity index (χ1) is 12.5. The van der Waals surface area contributed by atoms with Crippen LogP contribution in [-0.4, -0.2) is 48.0 Å². The van der Waals surface area contributed by atoms with E-state index in [-0.39, 0.29) is 24.0 Å². The molecule has 1 saturated heterocycles. The SMILES string of the molecule is CCOC(=O)N1CCCC(C(=O)N(CC)C(C)c2ccc(C#N)cc2)C1. The van der Waals surface area contributed by atoms with E-state index < -0.39 is 0 Å². The van der Waals surface area contributed by atoms with Crippen LogP contribution >= 0.6 is 0 Å². The van der Waals surface area contributed by atoms with E-state index in [1.165, 1.54) is 0 Å². The van der Waals surface area contributed by atoms with Crippen molar-refractivity contribution < 1.29 is 14.3 Å². The maximum absolute atomic E-state index is 13.1. The van der Waals surface area contributed by atoms with Crippen LogP contribution < -0.4 is 0 Å². The summed E-state index contributed by atoms with van der Waals surface area (Å²) in [6.07, 6.45) is 1.25. The topological polar surface area (TPSA) is 73.6 Å². The molecular weight excluding hydrogens is 330 g/mol. The number of rotatable bonds is 5. The molecule has 1 aliphatic rings. The molecule has 0 spiro atoms. The standard InChI is InChI=1S/C20H27N3O3/c1-4-23(15(3)17-10-8-16(13-21)9-11-17)19(24)18-7-6-12-22(14-18)20(25)26-5-2/h8-11,15,18H,4-7,12,14H2,1-3H3. The zero-order chi connectivity index (χ0) is 19.1.